The maximum Gasteiger partial charge on any atom is 0.322 e. The number of hydrogen-bond acceptors (Lipinski definition) is 4. The molecular formula is C15H28N2O2. The van der Waals surface area contributed by atoms with Crippen molar-refractivity contribution in [3.63, 3.8) is 0 Å². The van der Waals surface area contributed by atoms with Crippen molar-refractivity contribution in [1.82, 2.24) is 10.2 Å². The molecule has 0 aromatic rings. The van der Waals surface area contributed by atoms with Crippen molar-refractivity contribution in [1.29, 1.82) is 0 Å². The summed E-state index contributed by atoms with van der Waals surface area (Å²) < 4.78 is 4.90. The SMILES string of the molecule is COC(=O)C(CCN(CC1CC1)C1CC1)NC(C)C. The van der Waals surface area contributed by atoms with Gasteiger partial charge in [-0.15, -0.1) is 0 Å². The molecule has 0 saturated heterocycles. The molecule has 2 rings (SSSR count). The minimum Gasteiger partial charge on any atom is -0.468 e. The molecule has 0 heterocycles. The maximum atomic E-state index is 11.8. The maximum absolute atomic E-state index is 11.8. The predicted molar refractivity (Wildman–Crippen MR) is 76.0 cm³/mol. The smallest absolute Gasteiger partial charge is 0.322 e. The van der Waals surface area contributed by atoms with E-state index in [4.69, 9.17) is 4.74 Å². The Hall–Kier alpha value is -0.610. The zero-order chi connectivity index (χ0) is 13.8. The molecule has 0 aliphatic heterocycles. The van der Waals surface area contributed by atoms with Crippen molar-refractivity contribution >= 4 is 5.97 Å². The van der Waals surface area contributed by atoms with Gasteiger partial charge in [0.1, 0.15) is 6.04 Å². The average molecular weight is 268 g/mol. The molecule has 1 N–H and O–H groups in total. The van der Waals surface area contributed by atoms with Gasteiger partial charge in [0.15, 0.2) is 0 Å². The van der Waals surface area contributed by atoms with Crippen LogP contribution in [0.25, 0.3) is 0 Å². The number of esters is 1. The highest BCUT2D eigenvalue weighted by Crippen LogP contribution is 2.34. The van der Waals surface area contributed by atoms with Crippen LogP contribution in [0.1, 0.15) is 46.0 Å². The van der Waals surface area contributed by atoms with E-state index in [2.05, 4.69) is 24.1 Å². The third-order valence-corrected chi connectivity index (χ3v) is 3.98. The molecule has 0 radical (unpaired) electrons. The van der Waals surface area contributed by atoms with Gasteiger partial charge in [0.2, 0.25) is 0 Å². The van der Waals surface area contributed by atoms with Gasteiger partial charge >= 0.3 is 5.97 Å². The number of nitrogens with zero attached hydrogens (tertiary/aromatic N) is 1. The lowest BCUT2D eigenvalue weighted by molar-refractivity contribution is -0.143. The second-order valence-electron chi connectivity index (χ2n) is 6.36. The molecule has 2 aliphatic rings. The van der Waals surface area contributed by atoms with Gasteiger partial charge in [-0.3, -0.25) is 4.79 Å². The molecule has 1 atom stereocenters. The molecule has 4 heteroatoms. The van der Waals surface area contributed by atoms with Crippen LogP contribution in [0.4, 0.5) is 0 Å². The van der Waals surface area contributed by atoms with E-state index in [1.165, 1.54) is 39.3 Å². The summed E-state index contributed by atoms with van der Waals surface area (Å²) in [7, 11) is 1.47. The second-order valence-corrected chi connectivity index (χ2v) is 6.36. The first-order valence-electron chi connectivity index (χ1n) is 7.68. The van der Waals surface area contributed by atoms with Crippen LogP contribution < -0.4 is 5.32 Å². The van der Waals surface area contributed by atoms with Gasteiger partial charge < -0.3 is 15.0 Å². The minimum atomic E-state index is -0.162. The zero-order valence-electron chi connectivity index (χ0n) is 12.5. The van der Waals surface area contributed by atoms with E-state index in [0.717, 1.165) is 24.9 Å². The minimum absolute atomic E-state index is 0.129. The fourth-order valence-electron chi connectivity index (χ4n) is 2.60. The van der Waals surface area contributed by atoms with Gasteiger partial charge in [-0.2, -0.15) is 0 Å². The summed E-state index contributed by atoms with van der Waals surface area (Å²) in [5.41, 5.74) is 0. The normalized spacial score (nSPS) is 20.9. The van der Waals surface area contributed by atoms with Gasteiger partial charge in [0.25, 0.3) is 0 Å². The predicted octanol–water partition coefficient (Wildman–Crippen LogP) is 1.79. The molecule has 0 amide bonds. The number of carbonyl (C=O) groups excluding carboxylic acids is 1. The fraction of sp³-hybridized carbons (Fsp3) is 0.933. The molecule has 0 aromatic carbocycles. The van der Waals surface area contributed by atoms with Crippen molar-refractivity contribution in [3.05, 3.63) is 0 Å². The Labute approximate surface area is 116 Å². The molecule has 1 unspecified atom stereocenters. The Kier molecular flexibility index (Phi) is 5.22. The van der Waals surface area contributed by atoms with E-state index in [1.54, 1.807) is 0 Å². The Morgan fingerprint density at radius 1 is 1.32 bits per heavy atom. The number of ether oxygens (including phenoxy) is 1. The Bertz CT molecular complexity index is 299. The van der Waals surface area contributed by atoms with Crippen LogP contribution in [0.2, 0.25) is 0 Å². The van der Waals surface area contributed by atoms with E-state index in [1.807, 2.05) is 0 Å². The lowest BCUT2D eigenvalue weighted by Gasteiger charge is -2.25. The highest BCUT2D eigenvalue weighted by Gasteiger charge is 2.34. The van der Waals surface area contributed by atoms with Gasteiger partial charge in [-0.1, -0.05) is 13.8 Å². The van der Waals surface area contributed by atoms with Gasteiger partial charge in [-0.05, 0) is 38.0 Å². The van der Waals surface area contributed by atoms with Crippen molar-refractivity contribution in [3.8, 4) is 0 Å². The van der Waals surface area contributed by atoms with Crippen LogP contribution >= 0.6 is 0 Å². The van der Waals surface area contributed by atoms with Crippen molar-refractivity contribution in [2.45, 2.75) is 64.1 Å². The largest absolute Gasteiger partial charge is 0.468 e. The van der Waals surface area contributed by atoms with Crippen LogP contribution in [0.3, 0.4) is 0 Å². The fourth-order valence-corrected chi connectivity index (χ4v) is 2.60. The van der Waals surface area contributed by atoms with Gasteiger partial charge in [-0.25, -0.2) is 0 Å². The zero-order valence-corrected chi connectivity index (χ0v) is 12.5. The number of methoxy groups -OCH3 is 1. The average Bonchev–Trinajstić information content (AvgIpc) is 3.23. The highest BCUT2D eigenvalue weighted by molar-refractivity contribution is 5.75. The van der Waals surface area contributed by atoms with E-state index in [-0.39, 0.29) is 12.0 Å². The van der Waals surface area contributed by atoms with Crippen LogP contribution in [-0.4, -0.2) is 49.2 Å². The van der Waals surface area contributed by atoms with Crippen molar-refractivity contribution in [2.75, 3.05) is 20.2 Å². The van der Waals surface area contributed by atoms with Gasteiger partial charge in [0, 0.05) is 25.2 Å². The first-order valence-corrected chi connectivity index (χ1v) is 7.68. The Morgan fingerprint density at radius 3 is 2.47 bits per heavy atom. The first kappa shape index (κ1) is 14.8. The molecule has 2 saturated carbocycles. The summed E-state index contributed by atoms with van der Waals surface area (Å²) in [6.07, 6.45) is 6.33. The van der Waals surface area contributed by atoms with Crippen LogP contribution in [0, 0.1) is 5.92 Å². The number of nitrogens with one attached hydrogen (secondary N) is 1. The summed E-state index contributed by atoms with van der Waals surface area (Å²) in [5.74, 6) is 0.797. The van der Waals surface area contributed by atoms with Crippen LogP contribution in [-0.2, 0) is 9.53 Å². The summed E-state index contributed by atoms with van der Waals surface area (Å²) >= 11 is 0. The summed E-state index contributed by atoms with van der Waals surface area (Å²) in [6.45, 7) is 6.39. The molecule has 4 nitrogen and oxygen atoms in total. The lowest BCUT2D eigenvalue weighted by atomic mass is 10.1. The second kappa shape index (κ2) is 6.71. The topological polar surface area (TPSA) is 41.6 Å². The molecular weight excluding hydrogens is 240 g/mol. The molecule has 2 fully saturated rings. The molecule has 0 spiro atoms. The summed E-state index contributed by atoms with van der Waals surface area (Å²) in [5, 5.41) is 3.31. The molecule has 0 bridgehead atoms. The standard InChI is InChI=1S/C15H28N2O2/c1-11(2)16-14(15(18)19-3)8-9-17(13-6-7-13)10-12-4-5-12/h11-14,16H,4-10H2,1-3H3. The van der Waals surface area contributed by atoms with Gasteiger partial charge in [0.05, 0.1) is 7.11 Å². The third-order valence-electron chi connectivity index (χ3n) is 3.98. The van der Waals surface area contributed by atoms with E-state index >= 15 is 0 Å². The van der Waals surface area contributed by atoms with Crippen LogP contribution in [0.15, 0.2) is 0 Å². The summed E-state index contributed by atoms with van der Waals surface area (Å²) in [6, 6.07) is 0.935. The first-order chi connectivity index (χ1) is 9.10. The third kappa shape index (κ3) is 5.11. The molecule has 110 valence electrons. The Balaban J connectivity index is 1.79. The quantitative estimate of drug-likeness (QED) is 0.647. The van der Waals surface area contributed by atoms with E-state index in [9.17, 15) is 4.79 Å². The lowest BCUT2D eigenvalue weighted by Crippen LogP contribution is -2.44. The molecule has 19 heavy (non-hydrogen) atoms. The molecule has 2 aliphatic carbocycles. The van der Waals surface area contributed by atoms with E-state index < -0.39 is 0 Å². The summed E-state index contributed by atoms with van der Waals surface area (Å²) in [4.78, 5) is 14.4. The number of hydrogen-bond donors (Lipinski definition) is 1. The van der Waals surface area contributed by atoms with Crippen molar-refractivity contribution in [2.24, 2.45) is 5.92 Å². The Morgan fingerprint density at radius 2 is 2.00 bits per heavy atom. The number of rotatable bonds is 9. The molecule has 0 aromatic heterocycles. The monoisotopic (exact) mass is 268 g/mol. The van der Waals surface area contributed by atoms with Crippen LogP contribution in [0.5, 0.6) is 0 Å². The van der Waals surface area contributed by atoms with E-state index in [0.29, 0.717) is 6.04 Å². The highest BCUT2D eigenvalue weighted by atomic mass is 16.5. The number of carbonyl (C=O) groups is 1. The van der Waals surface area contributed by atoms with Crippen molar-refractivity contribution < 1.29 is 9.53 Å².